The first-order chi connectivity index (χ1) is 9.29. The average Bonchev–Trinajstić information content (AvgIpc) is 2.77. The Kier molecular flexibility index (Phi) is 4.44. The molecular formula is C14H13BrF3NS. The van der Waals surface area contributed by atoms with Crippen molar-refractivity contribution in [1.82, 2.24) is 0 Å². The average molecular weight is 364 g/mol. The summed E-state index contributed by atoms with van der Waals surface area (Å²) in [6.07, 6.45) is -4.32. The van der Waals surface area contributed by atoms with Crippen molar-refractivity contribution in [1.29, 1.82) is 0 Å². The molecular weight excluding hydrogens is 351 g/mol. The molecule has 2 aromatic rings. The maximum absolute atomic E-state index is 12.7. The molecule has 108 valence electrons. The van der Waals surface area contributed by atoms with Gasteiger partial charge in [0.15, 0.2) is 0 Å². The maximum Gasteiger partial charge on any atom is 0.416 e. The van der Waals surface area contributed by atoms with Crippen LogP contribution in [-0.4, -0.2) is 0 Å². The van der Waals surface area contributed by atoms with Crippen molar-refractivity contribution >= 4 is 33.0 Å². The lowest BCUT2D eigenvalue weighted by Crippen LogP contribution is -2.10. The Bertz CT molecular complexity index is 607. The van der Waals surface area contributed by atoms with Crippen molar-refractivity contribution in [2.45, 2.75) is 26.1 Å². The summed E-state index contributed by atoms with van der Waals surface area (Å²) >= 11 is 5.00. The van der Waals surface area contributed by atoms with Crippen LogP contribution in [0.3, 0.4) is 0 Å². The molecule has 2 rings (SSSR count). The zero-order chi connectivity index (χ0) is 14.9. The summed E-state index contributed by atoms with van der Waals surface area (Å²) in [4.78, 5) is 1.06. The van der Waals surface area contributed by atoms with E-state index in [9.17, 15) is 13.2 Å². The van der Waals surface area contributed by atoms with Gasteiger partial charge >= 0.3 is 6.18 Å². The van der Waals surface area contributed by atoms with Crippen molar-refractivity contribution in [2.75, 3.05) is 5.32 Å². The van der Waals surface area contributed by atoms with Gasteiger partial charge in [0.2, 0.25) is 0 Å². The van der Waals surface area contributed by atoms with Gasteiger partial charge in [0.25, 0.3) is 0 Å². The SMILES string of the molecule is Cc1ccc(C(F)(F)F)cc1NC(C)c1sccc1Br. The van der Waals surface area contributed by atoms with Crippen LogP contribution in [0, 0.1) is 6.92 Å². The van der Waals surface area contributed by atoms with Gasteiger partial charge in [-0.1, -0.05) is 6.07 Å². The monoisotopic (exact) mass is 363 g/mol. The van der Waals surface area contributed by atoms with Crippen LogP contribution in [0.2, 0.25) is 0 Å². The number of aryl methyl sites for hydroxylation is 1. The molecule has 1 unspecified atom stereocenters. The summed E-state index contributed by atoms with van der Waals surface area (Å²) in [5.74, 6) is 0. The van der Waals surface area contributed by atoms with E-state index >= 15 is 0 Å². The number of nitrogens with one attached hydrogen (secondary N) is 1. The molecule has 0 fully saturated rings. The van der Waals surface area contributed by atoms with E-state index in [1.54, 1.807) is 18.3 Å². The predicted molar refractivity (Wildman–Crippen MR) is 80.2 cm³/mol. The molecule has 0 spiro atoms. The zero-order valence-electron chi connectivity index (χ0n) is 10.9. The minimum Gasteiger partial charge on any atom is -0.377 e. The first-order valence-corrected chi connectivity index (χ1v) is 7.63. The van der Waals surface area contributed by atoms with Crippen LogP contribution in [0.4, 0.5) is 18.9 Å². The van der Waals surface area contributed by atoms with E-state index in [1.807, 2.05) is 18.4 Å². The molecule has 0 aliphatic carbocycles. The minimum atomic E-state index is -4.32. The lowest BCUT2D eigenvalue weighted by atomic mass is 10.1. The summed E-state index contributed by atoms with van der Waals surface area (Å²) in [6, 6.07) is 5.62. The number of thiophene rings is 1. The van der Waals surface area contributed by atoms with Gasteiger partial charge in [-0.05, 0) is 58.9 Å². The van der Waals surface area contributed by atoms with Crippen LogP contribution in [0.5, 0.6) is 0 Å². The molecule has 6 heteroatoms. The highest BCUT2D eigenvalue weighted by molar-refractivity contribution is 9.10. The molecule has 0 saturated heterocycles. The normalized spacial score (nSPS) is 13.3. The number of hydrogen-bond acceptors (Lipinski definition) is 2. The fourth-order valence-electron chi connectivity index (χ4n) is 1.87. The molecule has 1 aromatic heterocycles. The zero-order valence-corrected chi connectivity index (χ0v) is 13.3. The topological polar surface area (TPSA) is 12.0 Å². The van der Waals surface area contributed by atoms with E-state index in [1.165, 1.54) is 6.07 Å². The predicted octanol–water partition coefficient (Wildman–Crippen LogP) is 6.01. The molecule has 0 bridgehead atoms. The lowest BCUT2D eigenvalue weighted by Gasteiger charge is -2.18. The Hall–Kier alpha value is -1.01. The summed E-state index contributed by atoms with van der Waals surface area (Å²) in [6.45, 7) is 3.72. The molecule has 0 aliphatic rings. The van der Waals surface area contributed by atoms with Gasteiger partial charge in [0, 0.05) is 15.0 Å². The first-order valence-electron chi connectivity index (χ1n) is 5.96. The summed E-state index contributed by atoms with van der Waals surface area (Å²) in [5.41, 5.74) is 0.660. The van der Waals surface area contributed by atoms with E-state index in [4.69, 9.17) is 0 Å². The van der Waals surface area contributed by atoms with Crippen LogP contribution in [0.15, 0.2) is 34.1 Å². The molecule has 1 heterocycles. The van der Waals surface area contributed by atoms with Gasteiger partial charge in [0.05, 0.1) is 11.6 Å². The van der Waals surface area contributed by atoms with Crippen LogP contribution in [-0.2, 0) is 6.18 Å². The third-order valence-electron chi connectivity index (χ3n) is 2.97. The molecule has 1 nitrogen and oxygen atoms in total. The van der Waals surface area contributed by atoms with Gasteiger partial charge in [-0.25, -0.2) is 0 Å². The first kappa shape index (κ1) is 15.4. The Balaban J connectivity index is 2.27. The highest BCUT2D eigenvalue weighted by Crippen LogP contribution is 2.35. The molecule has 0 radical (unpaired) electrons. The van der Waals surface area contributed by atoms with Gasteiger partial charge in [-0.2, -0.15) is 13.2 Å². The molecule has 1 atom stereocenters. The second-order valence-electron chi connectivity index (χ2n) is 4.53. The van der Waals surface area contributed by atoms with E-state index in [0.29, 0.717) is 5.69 Å². The molecule has 0 aliphatic heterocycles. The lowest BCUT2D eigenvalue weighted by molar-refractivity contribution is -0.137. The highest BCUT2D eigenvalue weighted by Gasteiger charge is 2.30. The maximum atomic E-state index is 12.7. The number of anilines is 1. The quantitative estimate of drug-likeness (QED) is 0.703. The van der Waals surface area contributed by atoms with Gasteiger partial charge in [-0.15, -0.1) is 11.3 Å². The van der Waals surface area contributed by atoms with Gasteiger partial charge in [-0.3, -0.25) is 0 Å². The number of alkyl halides is 3. The third kappa shape index (κ3) is 3.35. The van der Waals surface area contributed by atoms with E-state index in [-0.39, 0.29) is 6.04 Å². The van der Waals surface area contributed by atoms with Crippen molar-refractivity contribution in [3.05, 3.63) is 50.1 Å². The minimum absolute atomic E-state index is 0.0634. The van der Waals surface area contributed by atoms with Crippen LogP contribution in [0.1, 0.15) is 29.0 Å². The smallest absolute Gasteiger partial charge is 0.377 e. The Labute approximate surface area is 128 Å². The summed E-state index contributed by atoms with van der Waals surface area (Å²) < 4.78 is 39.2. The third-order valence-corrected chi connectivity index (χ3v) is 5.03. The van der Waals surface area contributed by atoms with E-state index in [2.05, 4.69) is 21.2 Å². The van der Waals surface area contributed by atoms with Gasteiger partial charge in [0.1, 0.15) is 0 Å². The summed E-state index contributed by atoms with van der Waals surface area (Å²) in [5, 5.41) is 5.09. The van der Waals surface area contributed by atoms with Crippen LogP contribution >= 0.6 is 27.3 Å². The number of benzene rings is 1. The molecule has 1 N–H and O–H groups in total. The Morgan fingerprint density at radius 3 is 2.50 bits per heavy atom. The Morgan fingerprint density at radius 2 is 1.95 bits per heavy atom. The van der Waals surface area contributed by atoms with E-state index in [0.717, 1.165) is 27.0 Å². The van der Waals surface area contributed by atoms with E-state index < -0.39 is 11.7 Å². The fraction of sp³-hybridized carbons (Fsp3) is 0.286. The molecule has 20 heavy (non-hydrogen) atoms. The highest BCUT2D eigenvalue weighted by atomic mass is 79.9. The molecule has 0 saturated carbocycles. The number of rotatable bonds is 3. The van der Waals surface area contributed by atoms with Crippen molar-refractivity contribution < 1.29 is 13.2 Å². The van der Waals surface area contributed by atoms with Crippen LogP contribution in [0.25, 0.3) is 0 Å². The van der Waals surface area contributed by atoms with Crippen molar-refractivity contribution in [3.8, 4) is 0 Å². The second-order valence-corrected chi connectivity index (χ2v) is 6.33. The number of halogens is 4. The Morgan fingerprint density at radius 1 is 1.25 bits per heavy atom. The van der Waals surface area contributed by atoms with Crippen molar-refractivity contribution in [2.24, 2.45) is 0 Å². The van der Waals surface area contributed by atoms with Gasteiger partial charge < -0.3 is 5.32 Å². The fourth-order valence-corrected chi connectivity index (χ4v) is 3.59. The number of hydrogen-bond donors (Lipinski definition) is 1. The molecule has 1 aromatic carbocycles. The molecule has 0 amide bonds. The van der Waals surface area contributed by atoms with Crippen molar-refractivity contribution in [3.63, 3.8) is 0 Å². The van der Waals surface area contributed by atoms with Crippen LogP contribution < -0.4 is 5.32 Å². The standard InChI is InChI=1S/C14H13BrF3NS/c1-8-3-4-10(14(16,17)18)7-12(8)19-9(2)13-11(15)5-6-20-13/h3-7,9,19H,1-2H3. The largest absolute Gasteiger partial charge is 0.416 e. The summed E-state index contributed by atoms with van der Waals surface area (Å²) in [7, 11) is 0. The second kappa shape index (κ2) is 5.77.